The number of phenols is 1. The lowest BCUT2D eigenvalue weighted by molar-refractivity contribution is -0.386. The normalized spacial score (nSPS) is 14.7. The Kier molecular flexibility index (Phi) is 5.50. The number of amides is 1. The molecule has 0 fully saturated rings. The van der Waals surface area contributed by atoms with Crippen LogP contribution >= 0.6 is 0 Å². The number of hydrogen-bond donors (Lipinski definition) is 2. The number of hydrazone groups is 1. The van der Waals surface area contributed by atoms with E-state index in [4.69, 9.17) is 9.84 Å². The molecule has 0 aliphatic carbocycles. The van der Waals surface area contributed by atoms with Gasteiger partial charge < -0.3 is 14.9 Å². The van der Waals surface area contributed by atoms with Crippen LogP contribution < -0.4 is 9.75 Å². The van der Waals surface area contributed by atoms with E-state index < -0.39 is 22.5 Å². The number of carboxylic acid groups (broad SMARTS) is 1. The smallest absolute Gasteiger partial charge is 0.335 e. The lowest BCUT2D eigenvalue weighted by Gasteiger charge is -2.12. The molecule has 0 atom stereocenters. The summed E-state index contributed by atoms with van der Waals surface area (Å²) >= 11 is 0. The summed E-state index contributed by atoms with van der Waals surface area (Å²) in [6.07, 6.45) is 1.29. The Bertz CT molecular complexity index is 1120. The van der Waals surface area contributed by atoms with Gasteiger partial charge in [-0.3, -0.25) is 14.9 Å². The highest BCUT2D eigenvalue weighted by Crippen LogP contribution is 2.40. The van der Waals surface area contributed by atoms with Gasteiger partial charge in [-0.1, -0.05) is 6.07 Å². The average Bonchev–Trinajstić information content (AvgIpc) is 2.98. The van der Waals surface area contributed by atoms with Gasteiger partial charge in [0.1, 0.15) is 0 Å². The molecule has 10 nitrogen and oxygen atoms in total. The number of nitro benzene ring substituents is 1. The van der Waals surface area contributed by atoms with Gasteiger partial charge in [0.15, 0.2) is 5.75 Å². The zero-order valence-electron chi connectivity index (χ0n) is 16.0. The summed E-state index contributed by atoms with van der Waals surface area (Å²) in [5, 5.41) is 35.9. The lowest BCUT2D eigenvalue weighted by Crippen LogP contribution is -2.21. The van der Waals surface area contributed by atoms with E-state index >= 15 is 0 Å². The van der Waals surface area contributed by atoms with E-state index in [-0.39, 0.29) is 40.5 Å². The van der Waals surface area contributed by atoms with Gasteiger partial charge in [-0.05, 0) is 50.3 Å². The number of carbonyl (C=O) groups excluding carboxylic acids is 1. The van der Waals surface area contributed by atoms with Gasteiger partial charge in [-0.25, -0.2) is 4.79 Å². The molecule has 1 amide bonds. The van der Waals surface area contributed by atoms with Crippen molar-refractivity contribution in [1.82, 2.24) is 0 Å². The molecule has 0 bridgehead atoms. The van der Waals surface area contributed by atoms with Crippen molar-refractivity contribution < 1.29 is 29.5 Å². The number of phenolic OH excluding ortho intramolecular Hbond substituents is 1. The summed E-state index contributed by atoms with van der Waals surface area (Å²) in [5.74, 6) is -2.40. The quantitative estimate of drug-likeness (QED) is 0.422. The number of anilines is 1. The first-order chi connectivity index (χ1) is 14.2. The number of hydrogen-bond acceptors (Lipinski definition) is 7. The molecule has 0 saturated heterocycles. The van der Waals surface area contributed by atoms with Crippen LogP contribution in [0.4, 0.5) is 11.4 Å². The van der Waals surface area contributed by atoms with Gasteiger partial charge in [0.25, 0.3) is 5.91 Å². The minimum atomic E-state index is -1.15. The fourth-order valence-corrected chi connectivity index (χ4v) is 2.95. The largest absolute Gasteiger partial charge is 0.504 e. The van der Waals surface area contributed by atoms with Crippen molar-refractivity contribution >= 4 is 35.0 Å². The molecule has 2 N–H and O–H groups in total. The lowest BCUT2D eigenvalue weighted by atomic mass is 10.0. The Morgan fingerprint density at radius 2 is 2.07 bits per heavy atom. The number of nitrogens with zero attached hydrogens (tertiary/aromatic N) is 3. The van der Waals surface area contributed by atoms with E-state index in [2.05, 4.69) is 5.10 Å². The van der Waals surface area contributed by atoms with Crippen molar-refractivity contribution in [3.63, 3.8) is 0 Å². The van der Waals surface area contributed by atoms with E-state index in [0.717, 1.165) is 5.01 Å². The molecule has 154 valence electrons. The molecule has 2 aromatic carbocycles. The number of carboxylic acids is 1. The number of carbonyl (C=O) groups is 2. The first-order valence-electron chi connectivity index (χ1n) is 8.82. The molecular weight excluding hydrogens is 394 g/mol. The second kappa shape index (κ2) is 8.03. The summed E-state index contributed by atoms with van der Waals surface area (Å²) in [6.45, 7) is 3.27. The fraction of sp³-hybridized carbons (Fsp3) is 0.150. The predicted molar refractivity (Wildman–Crippen MR) is 108 cm³/mol. The van der Waals surface area contributed by atoms with E-state index in [9.17, 15) is 24.8 Å². The number of benzene rings is 2. The van der Waals surface area contributed by atoms with E-state index in [1.54, 1.807) is 13.8 Å². The van der Waals surface area contributed by atoms with Gasteiger partial charge in [-0.2, -0.15) is 10.1 Å². The summed E-state index contributed by atoms with van der Waals surface area (Å²) in [5.41, 5.74) is 0.198. The molecule has 0 saturated carbocycles. The molecule has 0 radical (unpaired) electrons. The third-order valence-corrected chi connectivity index (χ3v) is 4.31. The molecule has 0 spiro atoms. The van der Waals surface area contributed by atoms with Crippen LogP contribution in [0.5, 0.6) is 11.5 Å². The fourth-order valence-electron chi connectivity index (χ4n) is 2.95. The number of rotatable bonds is 6. The maximum Gasteiger partial charge on any atom is 0.335 e. The third-order valence-electron chi connectivity index (χ3n) is 4.31. The standard InChI is InChI=1S/C20H17N3O7/c1-3-30-18-16(24)8-7-12(17(18)23(28)29)10-15-11(2)21-22(19(15)25)14-6-4-5-13(9-14)20(26)27/h4-10,24H,3H2,1-2H3,(H,26,27)/b15-10-. The van der Waals surface area contributed by atoms with E-state index in [1.807, 2.05) is 0 Å². The molecule has 0 unspecified atom stereocenters. The van der Waals surface area contributed by atoms with E-state index in [0.29, 0.717) is 5.71 Å². The minimum absolute atomic E-state index is 0.0129. The number of aromatic hydroxyl groups is 1. The molecule has 1 aliphatic heterocycles. The zero-order chi connectivity index (χ0) is 22.0. The average molecular weight is 411 g/mol. The number of ether oxygens (including phenoxy) is 1. The monoisotopic (exact) mass is 411 g/mol. The van der Waals surface area contributed by atoms with E-state index in [1.165, 1.54) is 42.5 Å². The first-order valence-corrected chi connectivity index (χ1v) is 8.82. The van der Waals surface area contributed by atoms with Crippen molar-refractivity contribution in [3.05, 3.63) is 63.2 Å². The number of aromatic carboxylic acids is 1. The summed E-state index contributed by atoms with van der Waals surface area (Å²) in [7, 11) is 0. The third kappa shape index (κ3) is 3.70. The Balaban J connectivity index is 2.06. The van der Waals surface area contributed by atoms with Crippen LogP contribution in [0.15, 0.2) is 47.1 Å². The number of nitro groups is 1. The summed E-state index contributed by atoms with van der Waals surface area (Å²) in [4.78, 5) is 35.0. The Morgan fingerprint density at radius 1 is 1.33 bits per heavy atom. The van der Waals surface area contributed by atoms with Gasteiger partial charge in [-0.15, -0.1) is 0 Å². The molecule has 10 heteroatoms. The van der Waals surface area contributed by atoms with Crippen LogP contribution in [0, 0.1) is 10.1 Å². The molecule has 2 aromatic rings. The van der Waals surface area contributed by atoms with Crippen LogP contribution in [0.3, 0.4) is 0 Å². The van der Waals surface area contributed by atoms with Gasteiger partial charge in [0.2, 0.25) is 5.75 Å². The van der Waals surface area contributed by atoms with Crippen molar-refractivity contribution in [2.45, 2.75) is 13.8 Å². The van der Waals surface area contributed by atoms with Crippen molar-refractivity contribution in [1.29, 1.82) is 0 Å². The molecule has 1 aliphatic rings. The maximum atomic E-state index is 12.9. The van der Waals surface area contributed by atoms with Crippen LogP contribution in [0.1, 0.15) is 29.8 Å². The molecular formula is C20H17N3O7. The van der Waals surface area contributed by atoms with Crippen LogP contribution in [0.2, 0.25) is 0 Å². The predicted octanol–water partition coefficient (Wildman–Crippen LogP) is 3.20. The highest BCUT2D eigenvalue weighted by Gasteiger charge is 2.31. The summed E-state index contributed by atoms with van der Waals surface area (Å²) < 4.78 is 5.21. The highest BCUT2D eigenvalue weighted by molar-refractivity contribution is 6.32. The Labute approximate surface area is 170 Å². The molecule has 3 rings (SSSR count). The first kappa shape index (κ1) is 20.5. The van der Waals surface area contributed by atoms with Gasteiger partial charge in [0, 0.05) is 0 Å². The minimum Gasteiger partial charge on any atom is -0.504 e. The van der Waals surface area contributed by atoms with Crippen LogP contribution in [-0.4, -0.2) is 39.3 Å². The van der Waals surface area contributed by atoms with Crippen molar-refractivity contribution in [2.75, 3.05) is 11.6 Å². The second-order valence-corrected chi connectivity index (χ2v) is 6.26. The molecule has 1 heterocycles. The Morgan fingerprint density at radius 3 is 2.70 bits per heavy atom. The Hall–Kier alpha value is -4.21. The second-order valence-electron chi connectivity index (χ2n) is 6.26. The molecule has 30 heavy (non-hydrogen) atoms. The highest BCUT2D eigenvalue weighted by atomic mass is 16.6. The van der Waals surface area contributed by atoms with Crippen molar-refractivity contribution in [3.8, 4) is 11.5 Å². The topological polar surface area (TPSA) is 143 Å². The SMILES string of the molecule is CCOc1c(O)ccc(/C=C2\C(=O)N(c3cccc(C(=O)O)c3)N=C2C)c1[N+](=O)[O-]. The van der Waals surface area contributed by atoms with Crippen LogP contribution in [-0.2, 0) is 4.79 Å². The summed E-state index contributed by atoms with van der Waals surface area (Å²) in [6, 6.07) is 8.24. The van der Waals surface area contributed by atoms with Crippen LogP contribution in [0.25, 0.3) is 6.08 Å². The van der Waals surface area contributed by atoms with Gasteiger partial charge >= 0.3 is 11.7 Å². The zero-order valence-corrected chi connectivity index (χ0v) is 16.0. The van der Waals surface area contributed by atoms with Crippen molar-refractivity contribution in [2.24, 2.45) is 5.10 Å². The molecule has 0 aromatic heterocycles. The van der Waals surface area contributed by atoms with Gasteiger partial charge in [0.05, 0.1) is 39.6 Å². The maximum absolute atomic E-state index is 12.9.